The molecule has 1 aliphatic heterocycles. The molecule has 0 bridgehead atoms. The molecule has 0 saturated carbocycles. The zero-order valence-corrected chi connectivity index (χ0v) is 17.1. The van der Waals surface area contributed by atoms with Crippen molar-refractivity contribution in [3.63, 3.8) is 0 Å². The normalized spacial score (nSPS) is 13.5. The van der Waals surface area contributed by atoms with E-state index in [-0.39, 0.29) is 5.60 Å². The lowest BCUT2D eigenvalue weighted by atomic mass is 10.1. The summed E-state index contributed by atoms with van der Waals surface area (Å²) in [5.41, 5.74) is 13.1. The molecule has 0 aliphatic carbocycles. The van der Waals surface area contributed by atoms with E-state index in [0.29, 0.717) is 6.54 Å². The smallest absolute Gasteiger partial charge is 0.242 e. The number of hydrogen-bond acceptors (Lipinski definition) is 2. The molecule has 0 radical (unpaired) electrons. The minimum absolute atomic E-state index is 0.187. The average Bonchev–Trinajstić information content (AvgIpc) is 3.28. The van der Waals surface area contributed by atoms with Crippen molar-refractivity contribution in [3.05, 3.63) is 70.7 Å². The summed E-state index contributed by atoms with van der Waals surface area (Å²) >= 11 is 0. The lowest BCUT2D eigenvalue weighted by Crippen LogP contribution is -2.24. The van der Waals surface area contributed by atoms with Crippen molar-refractivity contribution >= 4 is 23.7 Å². The molecule has 2 aromatic heterocycles. The first-order chi connectivity index (χ1) is 13.4. The van der Waals surface area contributed by atoms with E-state index in [4.69, 9.17) is 10.5 Å². The fourth-order valence-corrected chi connectivity index (χ4v) is 3.84. The Morgan fingerprint density at radius 1 is 1.14 bits per heavy atom. The van der Waals surface area contributed by atoms with Gasteiger partial charge in [0.15, 0.2) is 0 Å². The topological polar surface area (TPSA) is 45.6 Å². The van der Waals surface area contributed by atoms with E-state index in [1.165, 1.54) is 22.3 Å². The van der Waals surface area contributed by atoms with Crippen LogP contribution in [0.25, 0.3) is 23.7 Å². The van der Waals surface area contributed by atoms with Crippen molar-refractivity contribution in [1.82, 2.24) is 4.52 Å². The predicted molar refractivity (Wildman–Crippen MR) is 115 cm³/mol. The molecule has 3 heterocycles. The van der Waals surface area contributed by atoms with E-state index in [0.717, 1.165) is 23.4 Å². The Morgan fingerprint density at radius 2 is 1.89 bits per heavy atom. The average molecular weight is 375 g/mol. The summed E-state index contributed by atoms with van der Waals surface area (Å²) in [6.45, 7) is 9.00. The molecule has 4 nitrogen and oxygen atoms in total. The van der Waals surface area contributed by atoms with Crippen LogP contribution in [0.1, 0.15) is 48.8 Å². The molecule has 0 saturated heterocycles. The highest BCUT2D eigenvalue weighted by Gasteiger charge is 2.26. The van der Waals surface area contributed by atoms with E-state index >= 15 is 0 Å². The number of hydrogen-bond donors (Lipinski definition) is 1. The van der Waals surface area contributed by atoms with Crippen LogP contribution >= 0.6 is 0 Å². The molecule has 1 aliphatic rings. The van der Waals surface area contributed by atoms with Gasteiger partial charge in [-0.2, -0.15) is 0 Å². The van der Waals surface area contributed by atoms with Crippen LogP contribution in [-0.4, -0.2) is 16.7 Å². The van der Waals surface area contributed by atoms with Crippen LogP contribution in [-0.2, 0) is 6.42 Å². The Labute approximate surface area is 166 Å². The molecule has 2 N–H and O–H groups in total. The van der Waals surface area contributed by atoms with Gasteiger partial charge in [0.05, 0.1) is 5.56 Å². The summed E-state index contributed by atoms with van der Waals surface area (Å²) in [5, 5.41) is 0. The van der Waals surface area contributed by atoms with Crippen LogP contribution in [0.3, 0.4) is 0 Å². The highest BCUT2D eigenvalue weighted by molar-refractivity contribution is 5.75. The highest BCUT2D eigenvalue weighted by Crippen LogP contribution is 2.26. The Morgan fingerprint density at radius 3 is 2.57 bits per heavy atom. The second kappa shape index (κ2) is 6.95. The summed E-state index contributed by atoms with van der Waals surface area (Å²) in [4.78, 5) is 0. The van der Waals surface area contributed by atoms with Gasteiger partial charge in [-0.15, -0.1) is 4.52 Å². The fraction of sp³-hybridized carbons (Fsp3) is 0.292. The lowest BCUT2D eigenvalue weighted by Gasteiger charge is -2.21. The van der Waals surface area contributed by atoms with E-state index in [9.17, 15) is 0 Å². The van der Waals surface area contributed by atoms with Crippen LogP contribution in [0.2, 0.25) is 0 Å². The van der Waals surface area contributed by atoms with Gasteiger partial charge in [-0.25, -0.2) is 0 Å². The molecule has 0 unspecified atom stereocenters. The number of nitrogens with zero attached hydrogens (tertiary/aromatic N) is 2. The SMILES string of the molecule is Cc1cc(/C=C/c2ccc(OC(C)(C)C)cc2)n2c1c(CCN)c1[n+]2=CC=C1. The van der Waals surface area contributed by atoms with Crippen LogP contribution in [0.5, 0.6) is 5.75 Å². The van der Waals surface area contributed by atoms with Gasteiger partial charge in [0.2, 0.25) is 11.9 Å². The summed E-state index contributed by atoms with van der Waals surface area (Å²) in [7, 11) is 0. The van der Waals surface area contributed by atoms with Gasteiger partial charge in [-0.05, 0) is 76.1 Å². The lowest BCUT2D eigenvalue weighted by molar-refractivity contribution is -0.583. The molecule has 0 amide bonds. The first-order valence-corrected chi connectivity index (χ1v) is 9.81. The zero-order chi connectivity index (χ0) is 19.9. The van der Waals surface area contributed by atoms with Crippen molar-refractivity contribution in [3.8, 4) is 5.75 Å². The standard InChI is InChI=1S/C24H28N3O/c1-17-16-19(10-7-18-8-11-20(12-9-18)28-24(2,3)4)27-23(17)21(13-14-25)22-6-5-15-26(22)27/h5-12,15-16H,13-14,25H2,1-4H3/q+1/b10-7+. The van der Waals surface area contributed by atoms with E-state index in [1.54, 1.807) is 0 Å². The monoisotopic (exact) mass is 374 g/mol. The molecule has 144 valence electrons. The first kappa shape index (κ1) is 18.5. The first-order valence-electron chi connectivity index (χ1n) is 9.81. The van der Waals surface area contributed by atoms with E-state index in [2.05, 4.69) is 85.3 Å². The fourth-order valence-electron chi connectivity index (χ4n) is 3.84. The molecule has 28 heavy (non-hydrogen) atoms. The maximum Gasteiger partial charge on any atom is 0.242 e. The third-order valence-corrected chi connectivity index (χ3v) is 4.88. The second-order valence-corrected chi connectivity index (χ2v) is 8.28. The molecule has 0 spiro atoms. The van der Waals surface area contributed by atoms with Crippen molar-refractivity contribution in [2.24, 2.45) is 5.73 Å². The zero-order valence-electron chi connectivity index (χ0n) is 17.1. The van der Waals surface area contributed by atoms with Crippen LogP contribution in [0.15, 0.2) is 36.4 Å². The Bertz CT molecular complexity index is 1130. The van der Waals surface area contributed by atoms with Crippen molar-refractivity contribution in [2.45, 2.75) is 39.7 Å². The minimum atomic E-state index is -0.187. The number of rotatable bonds is 5. The van der Waals surface area contributed by atoms with Crippen LogP contribution < -0.4 is 14.8 Å². The number of aromatic nitrogens is 2. The van der Waals surface area contributed by atoms with Crippen LogP contribution in [0.4, 0.5) is 0 Å². The largest absolute Gasteiger partial charge is 0.488 e. The molecule has 4 heteroatoms. The number of benzene rings is 1. The summed E-state index contributed by atoms with van der Waals surface area (Å²) < 4.78 is 10.4. The third-order valence-electron chi connectivity index (χ3n) is 4.88. The predicted octanol–water partition coefficient (Wildman–Crippen LogP) is 4.14. The maximum atomic E-state index is 5.90. The number of nitrogens with two attached hydrogens (primary N) is 1. The summed E-state index contributed by atoms with van der Waals surface area (Å²) in [6, 6.07) is 10.5. The highest BCUT2D eigenvalue weighted by atomic mass is 16.5. The van der Waals surface area contributed by atoms with Crippen molar-refractivity contribution in [2.75, 3.05) is 6.54 Å². The summed E-state index contributed by atoms with van der Waals surface area (Å²) in [5.74, 6) is 0.891. The summed E-state index contributed by atoms with van der Waals surface area (Å²) in [6.07, 6.45) is 11.6. The van der Waals surface area contributed by atoms with Gasteiger partial charge in [-0.1, -0.05) is 22.6 Å². The van der Waals surface area contributed by atoms with Gasteiger partial charge in [0.25, 0.3) is 0 Å². The minimum Gasteiger partial charge on any atom is -0.488 e. The quantitative estimate of drug-likeness (QED) is 0.682. The Balaban J connectivity index is 1.68. The van der Waals surface area contributed by atoms with Gasteiger partial charge >= 0.3 is 0 Å². The third kappa shape index (κ3) is 3.36. The van der Waals surface area contributed by atoms with Crippen molar-refractivity contribution in [1.29, 1.82) is 0 Å². The molecular formula is C24H28N3O+. The van der Waals surface area contributed by atoms with Gasteiger partial charge in [-0.3, -0.25) is 0 Å². The van der Waals surface area contributed by atoms with Gasteiger partial charge < -0.3 is 10.5 Å². The molecule has 1 aromatic carbocycles. The molecule has 0 fully saturated rings. The van der Waals surface area contributed by atoms with Crippen LogP contribution in [0, 0.1) is 13.1 Å². The maximum absolute atomic E-state index is 5.90. The van der Waals surface area contributed by atoms with E-state index in [1.807, 2.05) is 12.1 Å². The number of allylic oxidation sites excluding steroid dienone is 1. The van der Waals surface area contributed by atoms with Gasteiger partial charge in [0, 0.05) is 12.2 Å². The number of ether oxygens (including phenoxy) is 1. The molecule has 4 rings (SSSR count). The van der Waals surface area contributed by atoms with E-state index < -0.39 is 0 Å². The number of fused-ring (bicyclic) bond motifs is 3. The van der Waals surface area contributed by atoms with Crippen molar-refractivity contribution < 1.29 is 9.09 Å². The number of aryl methyl sites for hydroxylation is 1. The second-order valence-electron chi connectivity index (χ2n) is 8.28. The Kier molecular flexibility index (Phi) is 4.60. The molecule has 0 atom stereocenters. The van der Waals surface area contributed by atoms with Gasteiger partial charge in [0.1, 0.15) is 22.6 Å². The molecule has 3 aromatic rings. The Hall–Kier alpha value is -2.85. The molecular weight excluding hydrogens is 346 g/mol.